The summed E-state index contributed by atoms with van der Waals surface area (Å²) in [6.45, 7) is 3.40. The Morgan fingerprint density at radius 2 is 1.36 bits per heavy atom. The standard InChI is InChI=1S/C16H19F5NO2P/c1-25(2,23)7-22-8-3-4-9(22)6-10(5-8)24-16-14(20)12(18)11(17)13(19)15(16)21/h8-10H,3-7H2,1-2H3. The zero-order chi connectivity index (χ0) is 18.5. The number of halogens is 5. The fraction of sp³-hybridized carbons (Fsp3) is 0.625. The van der Waals surface area contributed by atoms with Gasteiger partial charge in [-0.05, 0) is 39.0 Å². The maximum absolute atomic E-state index is 13.8. The van der Waals surface area contributed by atoms with Crippen LogP contribution < -0.4 is 4.74 Å². The summed E-state index contributed by atoms with van der Waals surface area (Å²) in [7, 11) is -2.27. The summed E-state index contributed by atoms with van der Waals surface area (Å²) < 4.78 is 84.5. The summed E-state index contributed by atoms with van der Waals surface area (Å²) in [6.07, 6.45) is 2.28. The van der Waals surface area contributed by atoms with Gasteiger partial charge in [0, 0.05) is 12.1 Å². The van der Waals surface area contributed by atoms with Gasteiger partial charge in [-0.1, -0.05) is 0 Å². The number of piperidine rings is 1. The van der Waals surface area contributed by atoms with Crippen molar-refractivity contribution < 1.29 is 31.3 Å². The molecule has 140 valence electrons. The van der Waals surface area contributed by atoms with Crippen molar-refractivity contribution in [2.75, 3.05) is 19.6 Å². The van der Waals surface area contributed by atoms with Gasteiger partial charge in [0.2, 0.25) is 29.1 Å². The molecular weight excluding hydrogens is 364 g/mol. The van der Waals surface area contributed by atoms with Crippen molar-refractivity contribution in [1.29, 1.82) is 0 Å². The van der Waals surface area contributed by atoms with Gasteiger partial charge in [0.05, 0.1) is 13.4 Å². The molecule has 1 aromatic carbocycles. The molecule has 2 atom stereocenters. The first-order valence-electron chi connectivity index (χ1n) is 8.06. The van der Waals surface area contributed by atoms with E-state index in [1.54, 1.807) is 13.3 Å². The minimum absolute atomic E-state index is 0.0400. The van der Waals surface area contributed by atoms with Crippen molar-refractivity contribution in [1.82, 2.24) is 4.90 Å². The summed E-state index contributed by atoms with van der Waals surface area (Å²) in [5, 5.41) is 0. The highest BCUT2D eigenvalue weighted by molar-refractivity contribution is 7.62. The highest BCUT2D eigenvalue weighted by Crippen LogP contribution is 2.45. The van der Waals surface area contributed by atoms with Crippen LogP contribution in [0, 0.1) is 29.1 Å². The van der Waals surface area contributed by atoms with E-state index in [1.807, 2.05) is 0 Å². The van der Waals surface area contributed by atoms with E-state index >= 15 is 0 Å². The minimum Gasteiger partial charge on any atom is -0.484 e. The van der Waals surface area contributed by atoms with Gasteiger partial charge in [0.15, 0.2) is 5.75 Å². The van der Waals surface area contributed by atoms with E-state index in [1.165, 1.54) is 0 Å². The number of benzene rings is 1. The maximum atomic E-state index is 13.8. The third-order valence-electron chi connectivity index (χ3n) is 4.80. The maximum Gasteiger partial charge on any atom is 0.207 e. The van der Waals surface area contributed by atoms with Crippen molar-refractivity contribution in [2.45, 2.75) is 43.9 Å². The normalized spacial score (nSPS) is 26.9. The Balaban J connectivity index is 1.78. The smallest absolute Gasteiger partial charge is 0.207 e. The van der Waals surface area contributed by atoms with Crippen LogP contribution in [0.1, 0.15) is 25.7 Å². The van der Waals surface area contributed by atoms with Crippen LogP contribution in [-0.4, -0.2) is 42.7 Å². The monoisotopic (exact) mass is 383 g/mol. The molecular formula is C16H19F5NO2P. The molecule has 2 aliphatic rings. The summed E-state index contributed by atoms with van der Waals surface area (Å²) in [4.78, 5) is 2.12. The van der Waals surface area contributed by atoms with Crippen LogP contribution in [0.5, 0.6) is 5.75 Å². The summed E-state index contributed by atoms with van der Waals surface area (Å²) in [6, 6.07) is 0.0801. The van der Waals surface area contributed by atoms with Gasteiger partial charge in [-0.25, -0.2) is 13.2 Å². The lowest BCUT2D eigenvalue weighted by atomic mass is 10.0. The molecule has 2 fully saturated rings. The van der Waals surface area contributed by atoms with Crippen LogP contribution in [0.15, 0.2) is 0 Å². The van der Waals surface area contributed by atoms with Crippen LogP contribution in [-0.2, 0) is 4.57 Å². The third-order valence-corrected chi connectivity index (χ3v) is 5.81. The first-order valence-corrected chi connectivity index (χ1v) is 10.8. The van der Waals surface area contributed by atoms with Crippen LogP contribution >= 0.6 is 7.14 Å². The molecule has 2 aliphatic heterocycles. The predicted molar refractivity (Wildman–Crippen MR) is 82.9 cm³/mol. The third kappa shape index (κ3) is 3.56. The number of hydrogen-bond acceptors (Lipinski definition) is 3. The van der Waals surface area contributed by atoms with E-state index in [-0.39, 0.29) is 12.1 Å². The topological polar surface area (TPSA) is 29.5 Å². The van der Waals surface area contributed by atoms with E-state index in [0.717, 1.165) is 12.8 Å². The Labute approximate surface area is 142 Å². The van der Waals surface area contributed by atoms with E-state index in [2.05, 4.69) is 4.90 Å². The molecule has 0 radical (unpaired) electrons. The van der Waals surface area contributed by atoms with Gasteiger partial charge in [0.1, 0.15) is 6.10 Å². The Hall–Kier alpha value is -1.14. The molecule has 3 rings (SSSR count). The highest BCUT2D eigenvalue weighted by atomic mass is 31.2. The molecule has 0 aliphatic carbocycles. The van der Waals surface area contributed by atoms with Crippen molar-refractivity contribution in [3.05, 3.63) is 29.1 Å². The van der Waals surface area contributed by atoms with Gasteiger partial charge in [-0.15, -0.1) is 0 Å². The van der Waals surface area contributed by atoms with Crippen LogP contribution in [0.4, 0.5) is 22.0 Å². The first kappa shape index (κ1) is 18.6. The Morgan fingerprint density at radius 1 is 0.920 bits per heavy atom. The summed E-state index contributed by atoms with van der Waals surface area (Å²) >= 11 is 0. The van der Waals surface area contributed by atoms with E-state index in [0.29, 0.717) is 19.1 Å². The molecule has 0 saturated carbocycles. The van der Waals surface area contributed by atoms with Gasteiger partial charge < -0.3 is 9.30 Å². The Kier molecular flexibility index (Phi) is 4.88. The molecule has 0 spiro atoms. The van der Waals surface area contributed by atoms with Crippen molar-refractivity contribution in [2.24, 2.45) is 0 Å². The predicted octanol–water partition coefficient (Wildman–Crippen LogP) is 4.34. The van der Waals surface area contributed by atoms with Gasteiger partial charge in [-0.2, -0.15) is 8.78 Å². The van der Waals surface area contributed by atoms with Crippen molar-refractivity contribution >= 4 is 7.14 Å². The van der Waals surface area contributed by atoms with Crippen LogP contribution in [0.25, 0.3) is 0 Å². The molecule has 25 heavy (non-hydrogen) atoms. The number of rotatable bonds is 4. The molecule has 0 amide bonds. The zero-order valence-corrected chi connectivity index (χ0v) is 14.8. The second kappa shape index (κ2) is 6.54. The van der Waals surface area contributed by atoms with Crippen LogP contribution in [0.3, 0.4) is 0 Å². The largest absolute Gasteiger partial charge is 0.484 e. The minimum atomic E-state index is -2.27. The molecule has 9 heteroatoms. The Bertz CT molecular complexity index is 695. The summed E-state index contributed by atoms with van der Waals surface area (Å²) in [5.74, 6) is -11.3. The number of nitrogens with zero attached hydrogens (tertiary/aromatic N) is 1. The molecule has 2 unspecified atom stereocenters. The first-order chi connectivity index (χ1) is 11.6. The van der Waals surface area contributed by atoms with E-state index < -0.39 is 48.1 Å². The molecule has 3 nitrogen and oxygen atoms in total. The number of ether oxygens (including phenoxy) is 1. The fourth-order valence-corrected chi connectivity index (χ4v) is 5.05. The lowest BCUT2D eigenvalue weighted by molar-refractivity contribution is 0.0543. The van der Waals surface area contributed by atoms with Crippen molar-refractivity contribution in [3.8, 4) is 5.75 Å². The molecule has 2 heterocycles. The molecule has 2 bridgehead atoms. The van der Waals surface area contributed by atoms with Gasteiger partial charge in [-0.3, -0.25) is 4.90 Å². The molecule has 2 saturated heterocycles. The lowest BCUT2D eigenvalue weighted by Crippen LogP contribution is -2.46. The molecule has 1 aromatic rings. The molecule has 0 N–H and O–H groups in total. The zero-order valence-electron chi connectivity index (χ0n) is 13.9. The summed E-state index contributed by atoms with van der Waals surface area (Å²) in [5.41, 5.74) is 0. The fourth-order valence-electron chi connectivity index (χ4n) is 3.80. The SMILES string of the molecule is CP(C)(=O)CN1C2CCC1CC(Oc1c(F)c(F)c(F)c(F)c1F)C2. The average Bonchev–Trinajstić information content (AvgIpc) is 2.76. The quantitative estimate of drug-likeness (QED) is 0.335. The van der Waals surface area contributed by atoms with Crippen LogP contribution in [0.2, 0.25) is 0 Å². The second-order valence-corrected chi connectivity index (χ2v) is 10.7. The Morgan fingerprint density at radius 3 is 1.80 bits per heavy atom. The van der Waals surface area contributed by atoms with Crippen molar-refractivity contribution in [3.63, 3.8) is 0 Å². The number of fused-ring (bicyclic) bond motifs is 2. The highest BCUT2D eigenvalue weighted by Gasteiger charge is 2.43. The van der Waals surface area contributed by atoms with E-state index in [9.17, 15) is 26.5 Å². The lowest BCUT2D eigenvalue weighted by Gasteiger charge is -2.39. The second-order valence-electron chi connectivity index (χ2n) is 7.22. The van der Waals surface area contributed by atoms with Gasteiger partial charge in [0.25, 0.3) is 0 Å². The van der Waals surface area contributed by atoms with E-state index in [4.69, 9.17) is 4.74 Å². The average molecular weight is 383 g/mol. The van der Waals surface area contributed by atoms with Gasteiger partial charge >= 0.3 is 0 Å². The number of hydrogen-bond donors (Lipinski definition) is 0. The molecule has 0 aromatic heterocycles.